The Morgan fingerprint density at radius 3 is 2.46 bits per heavy atom. The molecule has 2 aromatic heterocycles. The Hall–Kier alpha value is -3.55. The van der Waals surface area contributed by atoms with E-state index < -0.39 is 0 Å². The molecule has 1 saturated heterocycles. The predicted octanol–water partition coefficient (Wildman–Crippen LogP) is 4.17. The molecule has 3 aromatic rings. The fraction of sp³-hybridized carbons (Fsp3) is 0.483. The van der Waals surface area contributed by atoms with E-state index in [1.54, 1.807) is 13.0 Å². The molecule has 2 amide bonds. The van der Waals surface area contributed by atoms with Crippen LogP contribution in [0.15, 0.2) is 35.1 Å². The minimum Gasteiger partial charge on any atom is -0.496 e. The minimum atomic E-state index is -0.365. The summed E-state index contributed by atoms with van der Waals surface area (Å²) in [5.74, 6) is 0.860. The molecule has 8 heteroatoms. The number of carbonyl (C=O) groups is 2. The number of nitrogens with one attached hydrogen (secondary N) is 2. The normalized spacial score (nSPS) is 14.7. The van der Waals surface area contributed by atoms with E-state index in [0.717, 1.165) is 49.1 Å². The van der Waals surface area contributed by atoms with Crippen molar-refractivity contribution in [2.75, 3.05) is 20.2 Å². The first-order valence-corrected chi connectivity index (χ1v) is 12.9. The number of aromatic amines is 1. The zero-order valence-electron chi connectivity index (χ0n) is 22.7. The number of piperidine rings is 1. The van der Waals surface area contributed by atoms with Crippen molar-refractivity contribution in [3.05, 3.63) is 63.2 Å². The van der Waals surface area contributed by atoms with Gasteiger partial charge in [0.2, 0.25) is 5.91 Å². The highest BCUT2D eigenvalue weighted by molar-refractivity contribution is 6.08. The smallest absolute Gasteiger partial charge is 0.256 e. The monoisotopic (exact) mass is 506 g/mol. The van der Waals surface area contributed by atoms with Crippen LogP contribution in [-0.2, 0) is 17.9 Å². The molecule has 37 heavy (non-hydrogen) atoms. The molecule has 0 spiro atoms. The van der Waals surface area contributed by atoms with Crippen molar-refractivity contribution in [1.29, 1.82) is 0 Å². The van der Waals surface area contributed by atoms with Gasteiger partial charge in [0.25, 0.3) is 11.5 Å². The highest BCUT2D eigenvalue weighted by atomic mass is 16.5. The van der Waals surface area contributed by atoms with Crippen molar-refractivity contribution in [3.8, 4) is 5.75 Å². The lowest BCUT2D eigenvalue weighted by Gasteiger charge is -2.36. The van der Waals surface area contributed by atoms with E-state index in [1.807, 2.05) is 56.9 Å². The summed E-state index contributed by atoms with van der Waals surface area (Å²) in [6.45, 7) is 12.1. The summed E-state index contributed by atoms with van der Waals surface area (Å²) in [7, 11) is 1.51. The van der Waals surface area contributed by atoms with E-state index in [-0.39, 0.29) is 29.3 Å². The Bertz CT molecular complexity index is 1370. The maximum Gasteiger partial charge on any atom is 0.256 e. The van der Waals surface area contributed by atoms with Gasteiger partial charge < -0.3 is 24.5 Å². The molecule has 3 heterocycles. The Balaban J connectivity index is 1.54. The number of likely N-dealkylation sites (tertiary alicyclic amines) is 1. The average molecular weight is 507 g/mol. The number of aromatic nitrogens is 2. The second-order valence-electron chi connectivity index (χ2n) is 11.1. The second kappa shape index (κ2) is 10.4. The van der Waals surface area contributed by atoms with Gasteiger partial charge in [0.1, 0.15) is 5.75 Å². The summed E-state index contributed by atoms with van der Waals surface area (Å²) in [6, 6.07) is 9.69. The second-order valence-corrected chi connectivity index (χ2v) is 11.1. The minimum absolute atomic E-state index is 0.0663. The molecular weight excluding hydrogens is 468 g/mol. The van der Waals surface area contributed by atoms with Crippen LogP contribution in [0.4, 0.5) is 0 Å². The molecule has 0 radical (unpaired) electrons. The van der Waals surface area contributed by atoms with Gasteiger partial charge in [-0.1, -0.05) is 39.0 Å². The van der Waals surface area contributed by atoms with Gasteiger partial charge in [-0.3, -0.25) is 14.4 Å². The zero-order chi connectivity index (χ0) is 26.9. The number of hydrogen-bond donors (Lipinski definition) is 2. The number of H-pyrrole nitrogens is 1. The SMILES string of the molecule is COc1cc(C)[nH]c(=O)c1CNC(=O)c1c(C)n(CC2CCN(C(=O)C(C)(C)C)CC2)c2ccccc12. The third-order valence-electron chi connectivity index (χ3n) is 7.32. The molecule has 1 fully saturated rings. The number of rotatable bonds is 6. The number of pyridine rings is 1. The van der Waals surface area contributed by atoms with Gasteiger partial charge in [-0.05, 0) is 44.7 Å². The molecule has 0 atom stereocenters. The summed E-state index contributed by atoms with van der Waals surface area (Å²) >= 11 is 0. The maximum atomic E-state index is 13.4. The average Bonchev–Trinajstić information content (AvgIpc) is 3.13. The summed E-state index contributed by atoms with van der Waals surface area (Å²) < 4.78 is 7.60. The lowest BCUT2D eigenvalue weighted by Crippen LogP contribution is -2.44. The lowest BCUT2D eigenvalue weighted by atomic mass is 9.91. The van der Waals surface area contributed by atoms with Crippen molar-refractivity contribution >= 4 is 22.7 Å². The van der Waals surface area contributed by atoms with Gasteiger partial charge in [-0.15, -0.1) is 0 Å². The van der Waals surface area contributed by atoms with Crippen LogP contribution in [0.2, 0.25) is 0 Å². The molecule has 4 rings (SSSR count). The van der Waals surface area contributed by atoms with Gasteiger partial charge in [-0.25, -0.2) is 0 Å². The summed E-state index contributed by atoms with van der Waals surface area (Å²) in [4.78, 5) is 43.3. The fourth-order valence-corrected chi connectivity index (χ4v) is 5.30. The van der Waals surface area contributed by atoms with Crippen LogP contribution in [0.25, 0.3) is 10.9 Å². The molecule has 0 unspecified atom stereocenters. The summed E-state index contributed by atoms with van der Waals surface area (Å²) in [6.07, 6.45) is 1.87. The number of hydrogen-bond acceptors (Lipinski definition) is 4. The highest BCUT2D eigenvalue weighted by Gasteiger charge is 2.31. The number of amides is 2. The van der Waals surface area contributed by atoms with Crippen LogP contribution in [0, 0.1) is 25.2 Å². The van der Waals surface area contributed by atoms with Gasteiger partial charge in [-0.2, -0.15) is 0 Å². The predicted molar refractivity (Wildman–Crippen MR) is 145 cm³/mol. The molecule has 1 aromatic carbocycles. The number of methoxy groups -OCH3 is 1. The Kier molecular flexibility index (Phi) is 7.48. The highest BCUT2D eigenvalue weighted by Crippen LogP contribution is 2.30. The molecule has 0 saturated carbocycles. The quantitative estimate of drug-likeness (QED) is 0.525. The third-order valence-corrected chi connectivity index (χ3v) is 7.32. The number of carbonyl (C=O) groups excluding carboxylic acids is 2. The van der Waals surface area contributed by atoms with E-state index in [0.29, 0.717) is 28.5 Å². The number of nitrogens with zero attached hydrogens (tertiary/aromatic N) is 2. The molecule has 2 N–H and O–H groups in total. The molecular formula is C29H38N4O4. The number of fused-ring (bicyclic) bond motifs is 1. The van der Waals surface area contributed by atoms with Crippen molar-refractivity contribution in [2.24, 2.45) is 11.3 Å². The first kappa shape index (κ1) is 26.5. The van der Waals surface area contributed by atoms with Crippen molar-refractivity contribution in [1.82, 2.24) is 19.8 Å². The van der Waals surface area contributed by atoms with Gasteiger partial charge in [0.05, 0.1) is 24.8 Å². The van der Waals surface area contributed by atoms with Crippen LogP contribution in [0.3, 0.4) is 0 Å². The number of aryl methyl sites for hydroxylation is 1. The standard InChI is InChI=1S/C29H38N4O4/c1-18-15-24(37-6)22(26(34)31-18)16-30-27(35)25-19(2)33(23-10-8-7-9-21(23)25)17-20-11-13-32(14-12-20)28(36)29(3,4)5/h7-10,15,20H,11-14,16-17H2,1-6H3,(H,30,35)(H,31,34). The molecule has 1 aliphatic heterocycles. The Morgan fingerprint density at radius 2 is 1.81 bits per heavy atom. The van der Waals surface area contributed by atoms with E-state index >= 15 is 0 Å². The molecule has 1 aliphatic rings. The van der Waals surface area contributed by atoms with Crippen molar-refractivity contribution in [3.63, 3.8) is 0 Å². The molecule has 8 nitrogen and oxygen atoms in total. The van der Waals surface area contributed by atoms with Crippen LogP contribution in [0.1, 0.15) is 60.9 Å². The van der Waals surface area contributed by atoms with E-state index in [4.69, 9.17) is 4.74 Å². The lowest BCUT2D eigenvalue weighted by molar-refractivity contribution is -0.140. The van der Waals surface area contributed by atoms with Crippen LogP contribution >= 0.6 is 0 Å². The fourth-order valence-electron chi connectivity index (χ4n) is 5.30. The third kappa shape index (κ3) is 5.43. The van der Waals surface area contributed by atoms with E-state index in [2.05, 4.69) is 14.9 Å². The molecule has 198 valence electrons. The summed E-state index contributed by atoms with van der Waals surface area (Å²) in [5, 5.41) is 3.83. The van der Waals surface area contributed by atoms with E-state index in [9.17, 15) is 14.4 Å². The van der Waals surface area contributed by atoms with Crippen LogP contribution in [-0.4, -0.2) is 46.5 Å². The van der Waals surface area contributed by atoms with Crippen LogP contribution in [0.5, 0.6) is 5.75 Å². The summed E-state index contributed by atoms with van der Waals surface area (Å²) in [5.41, 5.74) is 2.99. The van der Waals surface area contributed by atoms with Gasteiger partial charge in [0.15, 0.2) is 0 Å². The Labute approximate surface area is 218 Å². The van der Waals surface area contributed by atoms with Crippen LogP contribution < -0.4 is 15.6 Å². The molecule has 0 bridgehead atoms. The van der Waals surface area contributed by atoms with Crippen molar-refractivity contribution in [2.45, 2.75) is 60.5 Å². The first-order valence-electron chi connectivity index (χ1n) is 12.9. The number of ether oxygens (including phenoxy) is 1. The topological polar surface area (TPSA) is 96.4 Å². The molecule has 0 aliphatic carbocycles. The zero-order valence-corrected chi connectivity index (χ0v) is 22.7. The number of benzene rings is 1. The Morgan fingerprint density at radius 1 is 1.14 bits per heavy atom. The maximum absolute atomic E-state index is 13.4. The largest absolute Gasteiger partial charge is 0.496 e. The first-order chi connectivity index (χ1) is 17.5. The number of para-hydroxylation sites is 1. The van der Waals surface area contributed by atoms with Crippen molar-refractivity contribution < 1.29 is 14.3 Å². The van der Waals surface area contributed by atoms with Gasteiger partial charge in [0, 0.05) is 47.3 Å². The van der Waals surface area contributed by atoms with E-state index in [1.165, 1.54) is 7.11 Å². The van der Waals surface area contributed by atoms with Gasteiger partial charge >= 0.3 is 0 Å².